The van der Waals surface area contributed by atoms with Crippen LogP contribution >= 0.6 is 0 Å². The van der Waals surface area contributed by atoms with Gasteiger partial charge in [-0.25, -0.2) is 4.79 Å². The Hall–Kier alpha value is -2.23. The van der Waals surface area contributed by atoms with Crippen molar-refractivity contribution in [3.05, 3.63) is 28.8 Å². The van der Waals surface area contributed by atoms with E-state index in [9.17, 15) is 18.0 Å². The van der Waals surface area contributed by atoms with Crippen molar-refractivity contribution in [1.29, 1.82) is 5.26 Å². The van der Waals surface area contributed by atoms with Crippen LogP contribution in [0.15, 0.2) is 12.1 Å². The molecule has 0 saturated heterocycles. The lowest BCUT2D eigenvalue weighted by atomic mass is 10.0. The number of esters is 1. The first-order valence-corrected chi connectivity index (χ1v) is 5.82. The van der Waals surface area contributed by atoms with E-state index in [0.29, 0.717) is 0 Å². The minimum absolute atomic E-state index is 0.0553. The van der Waals surface area contributed by atoms with Crippen molar-refractivity contribution >= 4 is 5.97 Å². The highest BCUT2D eigenvalue weighted by atomic mass is 19.4. The third-order valence-corrected chi connectivity index (χ3v) is 2.41. The minimum atomic E-state index is -4.90. The molecule has 1 aromatic rings. The molecule has 0 aromatic heterocycles. The predicted octanol–water partition coefficient (Wildman–Crippen LogP) is 3.20. The lowest BCUT2D eigenvalue weighted by molar-refractivity contribution is -0.274. The predicted molar refractivity (Wildman–Crippen MR) is 63.2 cm³/mol. The van der Waals surface area contributed by atoms with E-state index < -0.39 is 18.1 Å². The van der Waals surface area contributed by atoms with Crippen LogP contribution in [0.25, 0.3) is 0 Å². The van der Waals surface area contributed by atoms with Crippen molar-refractivity contribution in [2.45, 2.75) is 26.6 Å². The second-order valence-corrected chi connectivity index (χ2v) is 3.73. The van der Waals surface area contributed by atoms with E-state index in [-0.39, 0.29) is 29.7 Å². The molecule has 108 valence electrons. The van der Waals surface area contributed by atoms with Crippen LogP contribution in [-0.2, 0) is 11.2 Å². The molecule has 0 heterocycles. The third-order valence-electron chi connectivity index (χ3n) is 2.41. The quantitative estimate of drug-likeness (QED) is 0.798. The second-order valence-electron chi connectivity index (χ2n) is 3.73. The van der Waals surface area contributed by atoms with Gasteiger partial charge in [-0.3, -0.25) is 0 Å². The van der Waals surface area contributed by atoms with Gasteiger partial charge in [0.15, 0.2) is 0 Å². The third kappa shape index (κ3) is 3.88. The Bertz CT molecular complexity index is 547. The molecule has 4 nitrogen and oxygen atoms in total. The molecule has 0 atom stereocenters. The number of hydrogen-bond donors (Lipinski definition) is 0. The minimum Gasteiger partial charge on any atom is -0.462 e. The molecule has 0 aliphatic rings. The van der Waals surface area contributed by atoms with E-state index in [0.717, 1.165) is 6.07 Å². The zero-order valence-electron chi connectivity index (χ0n) is 10.9. The summed E-state index contributed by atoms with van der Waals surface area (Å²) in [5.41, 5.74) is -0.142. The van der Waals surface area contributed by atoms with Gasteiger partial charge < -0.3 is 9.47 Å². The number of ether oxygens (including phenoxy) is 2. The zero-order valence-corrected chi connectivity index (χ0v) is 10.9. The van der Waals surface area contributed by atoms with Gasteiger partial charge in [-0.05, 0) is 25.5 Å². The number of alkyl halides is 3. The zero-order chi connectivity index (χ0) is 15.3. The molecule has 7 heteroatoms. The van der Waals surface area contributed by atoms with E-state index >= 15 is 0 Å². The molecule has 1 rings (SSSR count). The van der Waals surface area contributed by atoms with Crippen LogP contribution in [0.3, 0.4) is 0 Å². The largest absolute Gasteiger partial charge is 0.573 e. The number of nitriles is 1. The Morgan fingerprint density at radius 3 is 2.45 bits per heavy atom. The average molecular weight is 287 g/mol. The highest BCUT2D eigenvalue weighted by Crippen LogP contribution is 2.31. The first kappa shape index (κ1) is 15.8. The fourth-order valence-electron chi connectivity index (χ4n) is 1.68. The van der Waals surface area contributed by atoms with Crippen LogP contribution in [-0.4, -0.2) is 18.9 Å². The summed E-state index contributed by atoms with van der Waals surface area (Å²) in [5, 5.41) is 8.82. The van der Waals surface area contributed by atoms with Gasteiger partial charge in [0.05, 0.1) is 23.8 Å². The van der Waals surface area contributed by atoms with E-state index in [1.54, 1.807) is 19.9 Å². The van der Waals surface area contributed by atoms with Gasteiger partial charge in [-0.15, -0.1) is 13.2 Å². The lowest BCUT2D eigenvalue weighted by Crippen LogP contribution is -2.19. The number of carbonyl (C=O) groups is 1. The number of halogens is 3. The molecular formula is C13H12F3NO3. The van der Waals surface area contributed by atoms with E-state index in [2.05, 4.69) is 4.74 Å². The Morgan fingerprint density at radius 2 is 2.00 bits per heavy atom. The fourth-order valence-corrected chi connectivity index (χ4v) is 1.68. The number of nitrogens with zero attached hydrogens (tertiary/aromatic N) is 1. The molecule has 0 bridgehead atoms. The summed E-state index contributed by atoms with van der Waals surface area (Å²) in [6.45, 7) is 3.23. The Kier molecular flexibility index (Phi) is 4.97. The van der Waals surface area contributed by atoms with Crippen molar-refractivity contribution in [2.24, 2.45) is 0 Å². The number of hydrogen-bond acceptors (Lipinski definition) is 4. The number of rotatable bonds is 4. The van der Waals surface area contributed by atoms with Crippen LogP contribution in [0.5, 0.6) is 5.75 Å². The summed E-state index contributed by atoms with van der Waals surface area (Å²) in [6.07, 6.45) is -4.77. The van der Waals surface area contributed by atoms with E-state index in [1.165, 1.54) is 6.07 Å². The first-order chi connectivity index (χ1) is 9.32. The topological polar surface area (TPSA) is 59.3 Å². The number of carbonyl (C=O) groups excluding carboxylic acids is 1. The molecule has 1 aromatic carbocycles. The van der Waals surface area contributed by atoms with Gasteiger partial charge in [-0.2, -0.15) is 5.26 Å². The maximum absolute atomic E-state index is 12.4. The van der Waals surface area contributed by atoms with Crippen LogP contribution in [0.2, 0.25) is 0 Å². The van der Waals surface area contributed by atoms with Crippen molar-refractivity contribution in [2.75, 3.05) is 6.61 Å². The SMILES string of the molecule is CCOC(=O)c1cc(C#N)cc(OC(F)(F)F)c1CC. The van der Waals surface area contributed by atoms with E-state index in [1.807, 2.05) is 0 Å². The van der Waals surface area contributed by atoms with Crippen molar-refractivity contribution in [3.8, 4) is 11.8 Å². The highest BCUT2D eigenvalue weighted by Gasteiger charge is 2.33. The van der Waals surface area contributed by atoms with Crippen LogP contribution < -0.4 is 4.74 Å². The maximum atomic E-state index is 12.4. The van der Waals surface area contributed by atoms with Gasteiger partial charge >= 0.3 is 12.3 Å². The van der Waals surface area contributed by atoms with Gasteiger partial charge in [0, 0.05) is 5.56 Å². The Balaban J connectivity index is 3.39. The summed E-state index contributed by atoms with van der Waals surface area (Å²) in [4.78, 5) is 11.7. The summed E-state index contributed by atoms with van der Waals surface area (Å²) in [6, 6.07) is 3.83. The Labute approximate surface area is 113 Å². The molecule has 0 spiro atoms. The lowest BCUT2D eigenvalue weighted by Gasteiger charge is -2.15. The van der Waals surface area contributed by atoms with Gasteiger partial charge in [0.1, 0.15) is 5.75 Å². The molecule has 0 N–H and O–H groups in total. The molecule has 0 fully saturated rings. The molecule has 0 unspecified atom stereocenters. The van der Waals surface area contributed by atoms with Crippen LogP contribution in [0, 0.1) is 11.3 Å². The van der Waals surface area contributed by atoms with E-state index in [4.69, 9.17) is 10.00 Å². The van der Waals surface area contributed by atoms with Crippen molar-refractivity contribution in [3.63, 3.8) is 0 Å². The fraction of sp³-hybridized carbons (Fsp3) is 0.385. The average Bonchev–Trinajstić information content (AvgIpc) is 2.36. The smallest absolute Gasteiger partial charge is 0.462 e. The monoisotopic (exact) mass is 287 g/mol. The molecule has 0 aliphatic heterocycles. The van der Waals surface area contributed by atoms with Crippen molar-refractivity contribution < 1.29 is 27.4 Å². The molecule has 0 amide bonds. The second kappa shape index (κ2) is 6.28. The molecular weight excluding hydrogens is 275 g/mol. The van der Waals surface area contributed by atoms with Gasteiger partial charge in [0.25, 0.3) is 0 Å². The molecule has 0 radical (unpaired) electrons. The normalized spacial score (nSPS) is 10.8. The molecule has 20 heavy (non-hydrogen) atoms. The van der Waals surface area contributed by atoms with Crippen LogP contribution in [0.4, 0.5) is 13.2 Å². The Morgan fingerprint density at radius 1 is 1.35 bits per heavy atom. The van der Waals surface area contributed by atoms with Crippen molar-refractivity contribution in [1.82, 2.24) is 0 Å². The first-order valence-electron chi connectivity index (χ1n) is 5.82. The summed E-state index contributed by atoms with van der Waals surface area (Å²) in [7, 11) is 0. The van der Waals surface area contributed by atoms with Gasteiger partial charge in [-0.1, -0.05) is 6.92 Å². The number of benzene rings is 1. The van der Waals surface area contributed by atoms with Crippen LogP contribution in [0.1, 0.15) is 35.3 Å². The molecule has 0 aliphatic carbocycles. The summed E-state index contributed by atoms with van der Waals surface area (Å²) < 4.78 is 45.7. The highest BCUT2D eigenvalue weighted by molar-refractivity contribution is 5.92. The standard InChI is InChI=1S/C13H12F3NO3/c1-3-9-10(12(18)19-4-2)5-8(7-17)6-11(9)20-13(14,15)16/h5-6H,3-4H2,1-2H3. The molecule has 0 saturated carbocycles. The summed E-state index contributed by atoms with van der Waals surface area (Å²) >= 11 is 0. The maximum Gasteiger partial charge on any atom is 0.573 e. The van der Waals surface area contributed by atoms with Gasteiger partial charge in [0.2, 0.25) is 0 Å². The summed E-state index contributed by atoms with van der Waals surface area (Å²) in [5.74, 6) is -1.34.